The number of rotatable bonds is 4. The summed E-state index contributed by atoms with van der Waals surface area (Å²) in [5, 5.41) is 14.0. The van der Waals surface area contributed by atoms with Crippen molar-refractivity contribution in [3.63, 3.8) is 0 Å². The molecule has 3 aromatic rings. The highest BCUT2D eigenvalue weighted by atomic mass is 35.5. The number of nitrogens with one attached hydrogen (secondary N) is 3. The number of aromatic nitrogens is 3. The topological polar surface area (TPSA) is 99.8 Å². The molecule has 0 saturated heterocycles. The Balaban J connectivity index is 1.42. The molecule has 2 heterocycles. The highest BCUT2D eigenvalue weighted by molar-refractivity contribution is 6.31. The van der Waals surface area contributed by atoms with Crippen molar-refractivity contribution in [3.8, 4) is 0 Å². The first-order valence-electron chi connectivity index (χ1n) is 8.94. The molecule has 8 heteroatoms. The van der Waals surface area contributed by atoms with Gasteiger partial charge in [0.2, 0.25) is 11.7 Å². The molecule has 2 amide bonds. The summed E-state index contributed by atoms with van der Waals surface area (Å²) in [6.07, 6.45) is 1.67. The number of nitrogens with zero attached hydrogens (tertiary/aromatic N) is 2. The summed E-state index contributed by atoms with van der Waals surface area (Å²) in [6.45, 7) is 0. The summed E-state index contributed by atoms with van der Waals surface area (Å²) in [4.78, 5) is 27.9. The largest absolute Gasteiger partial charge is 0.337 e. The number of H-pyrrole nitrogens is 1. The number of fused-ring (bicyclic) bond motifs is 1. The highest BCUT2D eigenvalue weighted by Gasteiger charge is 2.26. The van der Waals surface area contributed by atoms with Crippen LogP contribution in [0.15, 0.2) is 48.5 Å². The van der Waals surface area contributed by atoms with Crippen LogP contribution in [0.2, 0.25) is 5.02 Å². The lowest BCUT2D eigenvalue weighted by atomic mass is 10.1. The average Bonchev–Trinajstić information content (AvgIpc) is 3.09. The van der Waals surface area contributed by atoms with Gasteiger partial charge in [-0.1, -0.05) is 48.0 Å². The number of aromatic amines is 1. The first kappa shape index (κ1) is 18.2. The minimum Gasteiger partial charge on any atom is -0.337 e. The molecule has 4 rings (SSSR count). The molecule has 1 aliphatic rings. The Hall–Kier alpha value is -3.19. The average molecular weight is 396 g/mol. The first-order chi connectivity index (χ1) is 13.6. The minimum atomic E-state index is -0.665. The quantitative estimate of drug-likeness (QED) is 0.632. The van der Waals surface area contributed by atoms with Gasteiger partial charge in [-0.05, 0) is 36.1 Å². The molecule has 7 nitrogen and oxygen atoms in total. The smallest absolute Gasteiger partial charge is 0.289 e. The predicted octanol–water partition coefficient (Wildman–Crippen LogP) is 2.73. The van der Waals surface area contributed by atoms with Gasteiger partial charge in [-0.2, -0.15) is 0 Å². The Bertz CT molecular complexity index is 1020. The van der Waals surface area contributed by atoms with Gasteiger partial charge < -0.3 is 15.6 Å². The van der Waals surface area contributed by atoms with Gasteiger partial charge in [-0.3, -0.25) is 9.59 Å². The molecule has 0 radical (unpaired) electrons. The van der Waals surface area contributed by atoms with E-state index in [-0.39, 0.29) is 11.7 Å². The maximum Gasteiger partial charge on any atom is 0.289 e. The van der Waals surface area contributed by atoms with Gasteiger partial charge in [0.15, 0.2) is 0 Å². The van der Waals surface area contributed by atoms with Gasteiger partial charge in [0.25, 0.3) is 5.91 Å². The minimum absolute atomic E-state index is 0.0866. The fourth-order valence-corrected chi connectivity index (χ4v) is 3.34. The van der Waals surface area contributed by atoms with Gasteiger partial charge in [-0.25, -0.2) is 0 Å². The molecule has 0 aliphatic carbocycles. The fourth-order valence-electron chi connectivity index (χ4n) is 3.17. The van der Waals surface area contributed by atoms with E-state index in [0.717, 1.165) is 11.1 Å². The number of hydrogen-bond donors (Lipinski definition) is 3. The van der Waals surface area contributed by atoms with Crippen molar-refractivity contribution >= 4 is 29.1 Å². The number of carbonyl (C=O) groups excluding carboxylic acids is 2. The lowest BCUT2D eigenvalue weighted by Gasteiger charge is -2.14. The molecule has 142 valence electrons. The summed E-state index contributed by atoms with van der Waals surface area (Å²) >= 11 is 6.00. The molecule has 1 aromatic heterocycles. The molecule has 1 aliphatic heterocycles. The number of hydrogen-bond acceptors (Lipinski definition) is 4. The van der Waals surface area contributed by atoms with Crippen LogP contribution in [-0.4, -0.2) is 33.0 Å². The van der Waals surface area contributed by atoms with Gasteiger partial charge in [0.1, 0.15) is 11.9 Å². The van der Waals surface area contributed by atoms with Crippen molar-refractivity contribution in [3.05, 3.63) is 76.3 Å². The summed E-state index contributed by atoms with van der Waals surface area (Å²) in [7, 11) is 0. The SMILES string of the molecule is O=C(NC1CCc2ccc(Cl)cc2NC1=O)c1nnc(Cc2ccccc2)[nH]1. The molecule has 0 spiro atoms. The highest BCUT2D eigenvalue weighted by Crippen LogP contribution is 2.25. The van der Waals surface area contributed by atoms with Crippen LogP contribution in [0.25, 0.3) is 0 Å². The third-order valence-corrected chi connectivity index (χ3v) is 4.85. The van der Waals surface area contributed by atoms with Crippen molar-refractivity contribution < 1.29 is 9.59 Å². The Kier molecular flexibility index (Phi) is 5.08. The molecule has 2 aromatic carbocycles. The zero-order valence-electron chi connectivity index (χ0n) is 14.9. The van der Waals surface area contributed by atoms with Crippen LogP contribution < -0.4 is 10.6 Å². The van der Waals surface area contributed by atoms with Crippen molar-refractivity contribution in [2.45, 2.75) is 25.3 Å². The van der Waals surface area contributed by atoms with Crippen molar-refractivity contribution in [1.29, 1.82) is 0 Å². The van der Waals surface area contributed by atoms with Crippen LogP contribution >= 0.6 is 11.6 Å². The van der Waals surface area contributed by atoms with E-state index in [0.29, 0.717) is 35.8 Å². The number of benzene rings is 2. The van der Waals surface area contributed by atoms with E-state index in [4.69, 9.17) is 11.6 Å². The lowest BCUT2D eigenvalue weighted by molar-refractivity contribution is -0.118. The van der Waals surface area contributed by atoms with E-state index in [2.05, 4.69) is 25.8 Å². The summed E-state index contributed by atoms with van der Waals surface area (Å²) in [5.74, 6) is -0.0680. The second-order valence-corrected chi connectivity index (χ2v) is 7.07. The van der Waals surface area contributed by atoms with Crippen molar-refractivity contribution in [2.75, 3.05) is 5.32 Å². The Morgan fingerprint density at radius 2 is 2.00 bits per heavy atom. The molecule has 0 fully saturated rings. The van der Waals surface area contributed by atoms with E-state index >= 15 is 0 Å². The zero-order chi connectivity index (χ0) is 19.5. The van der Waals surface area contributed by atoms with E-state index in [1.807, 2.05) is 36.4 Å². The molecule has 28 heavy (non-hydrogen) atoms. The Morgan fingerprint density at radius 1 is 1.18 bits per heavy atom. The monoisotopic (exact) mass is 395 g/mol. The zero-order valence-corrected chi connectivity index (χ0v) is 15.7. The van der Waals surface area contributed by atoms with Crippen LogP contribution in [0.5, 0.6) is 0 Å². The van der Waals surface area contributed by atoms with Crippen LogP contribution in [0, 0.1) is 0 Å². The van der Waals surface area contributed by atoms with Crippen molar-refractivity contribution in [1.82, 2.24) is 20.5 Å². The van der Waals surface area contributed by atoms with Gasteiger partial charge in [0, 0.05) is 17.1 Å². The van der Waals surface area contributed by atoms with E-state index in [9.17, 15) is 9.59 Å². The molecular formula is C20H18ClN5O2. The van der Waals surface area contributed by atoms with Crippen LogP contribution in [0.3, 0.4) is 0 Å². The molecule has 3 N–H and O–H groups in total. The van der Waals surface area contributed by atoms with E-state index in [1.54, 1.807) is 12.1 Å². The predicted molar refractivity (Wildman–Crippen MR) is 105 cm³/mol. The Labute approximate surface area is 166 Å². The number of aryl methyl sites for hydroxylation is 1. The van der Waals surface area contributed by atoms with Crippen LogP contribution in [0.1, 0.15) is 34.0 Å². The van der Waals surface area contributed by atoms with E-state index < -0.39 is 11.9 Å². The maximum absolute atomic E-state index is 12.5. The lowest BCUT2D eigenvalue weighted by Crippen LogP contribution is -2.43. The fraction of sp³-hybridized carbons (Fsp3) is 0.200. The normalized spacial score (nSPS) is 16.0. The van der Waals surface area contributed by atoms with E-state index in [1.165, 1.54) is 0 Å². The third kappa shape index (κ3) is 4.04. The van der Waals surface area contributed by atoms with Gasteiger partial charge in [-0.15, -0.1) is 10.2 Å². The molecule has 1 unspecified atom stereocenters. The number of amides is 2. The number of anilines is 1. The van der Waals surface area contributed by atoms with Crippen LogP contribution in [0.4, 0.5) is 5.69 Å². The Morgan fingerprint density at radius 3 is 2.82 bits per heavy atom. The first-order valence-corrected chi connectivity index (χ1v) is 9.32. The molecule has 1 atom stereocenters. The third-order valence-electron chi connectivity index (χ3n) is 4.62. The summed E-state index contributed by atoms with van der Waals surface area (Å²) in [6, 6.07) is 14.5. The summed E-state index contributed by atoms with van der Waals surface area (Å²) < 4.78 is 0. The number of carbonyl (C=O) groups is 2. The molecular weight excluding hydrogens is 378 g/mol. The second-order valence-electron chi connectivity index (χ2n) is 6.64. The molecule has 0 saturated carbocycles. The van der Waals surface area contributed by atoms with Gasteiger partial charge >= 0.3 is 0 Å². The molecule has 0 bridgehead atoms. The second kappa shape index (κ2) is 7.82. The van der Waals surface area contributed by atoms with Crippen molar-refractivity contribution in [2.24, 2.45) is 0 Å². The standard InChI is InChI=1S/C20H18ClN5O2/c21-14-8-6-13-7-9-15(19(27)23-16(13)11-14)22-20(28)18-24-17(25-26-18)10-12-4-2-1-3-5-12/h1-6,8,11,15H,7,9-10H2,(H,22,28)(H,23,27)(H,24,25,26). The maximum atomic E-state index is 12.5. The summed E-state index contributed by atoms with van der Waals surface area (Å²) in [5.41, 5.74) is 2.73. The van der Waals surface area contributed by atoms with Gasteiger partial charge in [0.05, 0.1) is 0 Å². The van der Waals surface area contributed by atoms with Crippen LogP contribution in [-0.2, 0) is 17.6 Å². The number of halogens is 1.